The highest BCUT2D eigenvalue weighted by atomic mass is 79.9. The number of para-hydroxylation sites is 2. The van der Waals surface area contributed by atoms with Gasteiger partial charge in [-0.1, -0.05) is 58.4 Å². The van der Waals surface area contributed by atoms with Crippen molar-refractivity contribution in [2.24, 2.45) is 0 Å². The zero-order valence-electron chi connectivity index (χ0n) is 13.7. The van der Waals surface area contributed by atoms with Gasteiger partial charge in [0.2, 0.25) is 0 Å². The number of fused-ring (bicyclic) bond motifs is 1. The van der Waals surface area contributed by atoms with Crippen LogP contribution in [0.4, 0.5) is 5.95 Å². The summed E-state index contributed by atoms with van der Waals surface area (Å²) in [6.45, 7) is 1.78. The van der Waals surface area contributed by atoms with E-state index in [0.29, 0.717) is 0 Å². The Kier molecular flexibility index (Phi) is 7.31. The average Bonchev–Trinajstić information content (AvgIpc) is 2.85. The van der Waals surface area contributed by atoms with Crippen molar-refractivity contribution in [1.82, 2.24) is 4.57 Å². The highest BCUT2D eigenvalue weighted by Crippen LogP contribution is 2.18. The van der Waals surface area contributed by atoms with E-state index in [4.69, 9.17) is 5.73 Å². The standard InChI is InChI=1S/C19H22BrN3.BrH/c20-13-7-2-8-14-22-17-11-5-6-12-18(17)23(19(22)21)15-16-9-3-1-4-10-16;/h1,3-6,9-12,21H,2,7-8,13-15H2;1H. The number of anilines is 1. The fourth-order valence-electron chi connectivity index (χ4n) is 3.02. The maximum Gasteiger partial charge on any atom is 0.356 e. The molecule has 5 heteroatoms. The van der Waals surface area contributed by atoms with E-state index in [-0.39, 0.29) is 17.0 Å². The number of nitrogens with zero attached hydrogens (tertiary/aromatic N) is 2. The quantitative estimate of drug-likeness (QED) is 0.325. The molecule has 24 heavy (non-hydrogen) atoms. The van der Waals surface area contributed by atoms with Gasteiger partial charge < -0.3 is 17.0 Å². The van der Waals surface area contributed by atoms with Crippen LogP contribution in [0.1, 0.15) is 24.8 Å². The summed E-state index contributed by atoms with van der Waals surface area (Å²) in [7, 11) is 0. The lowest BCUT2D eigenvalue weighted by molar-refractivity contribution is -0.648. The smallest absolute Gasteiger partial charge is 0.356 e. The minimum Gasteiger partial charge on any atom is -1.00 e. The highest BCUT2D eigenvalue weighted by Gasteiger charge is 2.20. The molecule has 0 aliphatic heterocycles. The SMILES string of the molecule is Nc1n(CCCCCBr)c2ccccc2[n+]1Cc1ccccc1.[Br-]. The van der Waals surface area contributed by atoms with Crippen LogP contribution in [0.15, 0.2) is 54.6 Å². The molecule has 3 nitrogen and oxygen atoms in total. The molecule has 3 rings (SSSR count). The number of rotatable bonds is 7. The molecule has 128 valence electrons. The van der Waals surface area contributed by atoms with E-state index in [1.165, 1.54) is 29.4 Å². The minimum absolute atomic E-state index is 0. The van der Waals surface area contributed by atoms with E-state index in [1.807, 2.05) is 6.07 Å². The fourth-order valence-corrected chi connectivity index (χ4v) is 3.42. The van der Waals surface area contributed by atoms with Crippen LogP contribution in [-0.4, -0.2) is 9.90 Å². The zero-order valence-corrected chi connectivity index (χ0v) is 16.8. The summed E-state index contributed by atoms with van der Waals surface area (Å²) in [6.07, 6.45) is 3.58. The van der Waals surface area contributed by atoms with Crippen molar-refractivity contribution in [1.29, 1.82) is 0 Å². The van der Waals surface area contributed by atoms with E-state index in [9.17, 15) is 0 Å². The Labute approximate surface area is 162 Å². The van der Waals surface area contributed by atoms with Crippen molar-refractivity contribution < 1.29 is 21.5 Å². The molecule has 0 atom stereocenters. The van der Waals surface area contributed by atoms with E-state index < -0.39 is 0 Å². The maximum atomic E-state index is 6.50. The Hall–Kier alpha value is -1.33. The first-order valence-electron chi connectivity index (χ1n) is 8.17. The summed E-state index contributed by atoms with van der Waals surface area (Å²) < 4.78 is 4.47. The van der Waals surface area contributed by atoms with Gasteiger partial charge in [-0.2, -0.15) is 0 Å². The van der Waals surface area contributed by atoms with Crippen molar-refractivity contribution >= 4 is 32.9 Å². The molecule has 0 fully saturated rings. The second-order valence-corrected chi connectivity index (χ2v) is 6.61. The van der Waals surface area contributed by atoms with Crippen LogP contribution >= 0.6 is 15.9 Å². The predicted octanol–water partition coefficient (Wildman–Crippen LogP) is 1.13. The number of nitrogens with two attached hydrogens (primary N) is 1. The number of aryl methyl sites for hydroxylation is 1. The summed E-state index contributed by atoms with van der Waals surface area (Å²) in [4.78, 5) is 0. The Bertz CT molecular complexity index is 769. The molecular weight excluding hydrogens is 430 g/mol. The second-order valence-electron chi connectivity index (χ2n) is 5.82. The lowest BCUT2D eigenvalue weighted by Crippen LogP contribution is -3.00. The van der Waals surface area contributed by atoms with Gasteiger partial charge in [-0.15, -0.1) is 0 Å². The molecule has 0 aliphatic carbocycles. The molecule has 0 bridgehead atoms. The lowest BCUT2D eigenvalue weighted by atomic mass is 10.2. The normalized spacial score (nSPS) is 10.7. The van der Waals surface area contributed by atoms with Gasteiger partial charge in [-0.3, -0.25) is 5.73 Å². The van der Waals surface area contributed by atoms with Crippen LogP contribution in [0.2, 0.25) is 0 Å². The first-order valence-corrected chi connectivity index (χ1v) is 9.30. The summed E-state index contributed by atoms with van der Waals surface area (Å²) in [6, 6.07) is 19.0. The first kappa shape index (κ1) is 19.0. The van der Waals surface area contributed by atoms with Gasteiger partial charge in [0.05, 0.1) is 13.1 Å². The van der Waals surface area contributed by atoms with Gasteiger partial charge in [0.25, 0.3) is 0 Å². The third kappa shape index (κ3) is 4.19. The van der Waals surface area contributed by atoms with Crippen LogP contribution in [0, 0.1) is 0 Å². The number of aromatic nitrogens is 2. The summed E-state index contributed by atoms with van der Waals surface area (Å²) in [5, 5.41) is 1.07. The molecule has 0 unspecified atom stereocenters. The molecule has 0 saturated carbocycles. The van der Waals surface area contributed by atoms with Crippen molar-refractivity contribution in [2.45, 2.75) is 32.4 Å². The first-order chi connectivity index (χ1) is 11.3. The largest absolute Gasteiger partial charge is 1.00 e. The average molecular weight is 453 g/mol. The molecule has 1 heterocycles. The number of benzene rings is 2. The van der Waals surface area contributed by atoms with Gasteiger partial charge in [0.1, 0.15) is 11.0 Å². The number of hydrogen-bond acceptors (Lipinski definition) is 1. The van der Waals surface area contributed by atoms with E-state index >= 15 is 0 Å². The second kappa shape index (κ2) is 9.23. The van der Waals surface area contributed by atoms with Gasteiger partial charge in [-0.25, -0.2) is 9.13 Å². The molecule has 0 radical (unpaired) electrons. The van der Waals surface area contributed by atoms with E-state index in [0.717, 1.165) is 30.8 Å². The van der Waals surface area contributed by atoms with Crippen LogP contribution in [-0.2, 0) is 13.1 Å². The lowest BCUT2D eigenvalue weighted by Gasteiger charge is -2.03. The molecule has 0 aliphatic rings. The maximum absolute atomic E-state index is 6.50. The van der Waals surface area contributed by atoms with Gasteiger partial charge in [-0.05, 0) is 37.0 Å². The van der Waals surface area contributed by atoms with Crippen LogP contribution < -0.4 is 27.3 Å². The Morgan fingerprint density at radius 1 is 0.917 bits per heavy atom. The van der Waals surface area contributed by atoms with Gasteiger partial charge in [0, 0.05) is 5.33 Å². The summed E-state index contributed by atoms with van der Waals surface area (Å²) in [5.74, 6) is 0.842. The molecule has 2 N–H and O–H groups in total. The zero-order chi connectivity index (χ0) is 16.1. The van der Waals surface area contributed by atoms with Crippen molar-refractivity contribution in [3.05, 3.63) is 60.2 Å². The van der Waals surface area contributed by atoms with Crippen LogP contribution in [0.5, 0.6) is 0 Å². The number of hydrogen-bond donors (Lipinski definition) is 1. The summed E-state index contributed by atoms with van der Waals surface area (Å²) in [5.41, 5.74) is 10.2. The number of halogens is 2. The number of imidazole rings is 1. The molecule has 2 aromatic carbocycles. The van der Waals surface area contributed by atoms with Crippen LogP contribution in [0.3, 0.4) is 0 Å². The predicted molar refractivity (Wildman–Crippen MR) is 99.7 cm³/mol. The minimum atomic E-state index is 0. The topological polar surface area (TPSA) is 34.8 Å². The fraction of sp³-hybridized carbons (Fsp3) is 0.316. The number of unbranched alkanes of at least 4 members (excludes halogenated alkanes) is 2. The van der Waals surface area contributed by atoms with E-state index in [1.54, 1.807) is 0 Å². The van der Waals surface area contributed by atoms with Gasteiger partial charge in [0.15, 0.2) is 0 Å². The van der Waals surface area contributed by atoms with Crippen molar-refractivity contribution in [2.75, 3.05) is 11.1 Å². The highest BCUT2D eigenvalue weighted by molar-refractivity contribution is 9.09. The van der Waals surface area contributed by atoms with Crippen molar-refractivity contribution in [3.63, 3.8) is 0 Å². The molecule has 3 aromatic rings. The number of nitrogen functional groups attached to an aromatic ring is 1. The number of alkyl halides is 1. The molecule has 0 spiro atoms. The Balaban J connectivity index is 0.00000208. The van der Waals surface area contributed by atoms with Crippen LogP contribution in [0.25, 0.3) is 11.0 Å². The molecule has 0 saturated heterocycles. The third-order valence-electron chi connectivity index (χ3n) is 4.22. The van der Waals surface area contributed by atoms with E-state index in [2.05, 4.69) is 73.6 Å². The molecule has 0 amide bonds. The summed E-state index contributed by atoms with van der Waals surface area (Å²) >= 11 is 3.50. The molecule has 1 aromatic heterocycles. The Morgan fingerprint density at radius 2 is 1.62 bits per heavy atom. The third-order valence-corrected chi connectivity index (χ3v) is 4.78. The Morgan fingerprint density at radius 3 is 2.38 bits per heavy atom. The monoisotopic (exact) mass is 451 g/mol. The van der Waals surface area contributed by atoms with Gasteiger partial charge >= 0.3 is 5.95 Å². The van der Waals surface area contributed by atoms with Crippen molar-refractivity contribution in [3.8, 4) is 0 Å². The molecular formula is C19H23Br2N3.